The average molecular weight is 323 g/mol. The molecule has 122 valence electrons. The zero-order chi connectivity index (χ0) is 16.4. The van der Waals surface area contributed by atoms with Crippen molar-refractivity contribution >= 4 is 0 Å². The van der Waals surface area contributed by atoms with E-state index in [2.05, 4.69) is 26.0 Å². The number of nitrogens with one attached hydrogen (secondary N) is 2. The van der Waals surface area contributed by atoms with Gasteiger partial charge in [0.25, 0.3) is 0 Å². The molecule has 0 aliphatic carbocycles. The van der Waals surface area contributed by atoms with Gasteiger partial charge in [-0.1, -0.05) is 17.3 Å². The highest BCUT2D eigenvalue weighted by Crippen LogP contribution is 2.33. The van der Waals surface area contributed by atoms with Gasteiger partial charge in [0.1, 0.15) is 5.75 Å². The van der Waals surface area contributed by atoms with Crippen LogP contribution in [0, 0.1) is 0 Å². The Morgan fingerprint density at radius 3 is 2.67 bits per heavy atom. The summed E-state index contributed by atoms with van der Waals surface area (Å²) in [6.45, 7) is 0.717. The van der Waals surface area contributed by atoms with Crippen molar-refractivity contribution < 1.29 is 9.26 Å². The SMILES string of the molecule is COc1ccc(C2NNCC2c2nc(-c3ccncc3)no2)cc1. The standard InChI is InChI=1S/C17H17N5O2/c1-23-13-4-2-11(3-5-13)15-14(10-19-21-15)17-20-16(22-24-17)12-6-8-18-9-7-12/h2-9,14-15,19,21H,10H2,1H3. The third kappa shape index (κ3) is 2.75. The lowest BCUT2D eigenvalue weighted by molar-refractivity contribution is 0.347. The second kappa shape index (κ2) is 6.38. The molecule has 2 aromatic heterocycles. The summed E-state index contributed by atoms with van der Waals surface area (Å²) < 4.78 is 10.7. The van der Waals surface area contributed by atoms with Crippen molar-refractivity contribution in [3.05, 3.63) is 60.2 Å². The summed E-state index contributed by atoms with van der Waals surface area (Å²) in [6.07, 6.45) is 3.43. The van der Waals surface area contributed by atoms with E-state index in [0.717, 1.165) is 16.9 Å². The molecule has 0 amide bonds. The van der Waals surface area contributed by atoms with Gasteiger partial charge in [0, 0.05) is 24.5 Å². The van der Waals surface area contributed by atoms with Gasteiger partial charge >= 0.3 is 0 Å². The van der Waals surface area contributed by atoms with Gasteiger partial charge < -0.3 is 9.26 Å². The van der Waals surface area contributed by atoms with Crippen molar-refractivity contribution in [2.24, 2.45) is 0 Å². The van der Waals surface area contributed by atoms with Crippen LogP contribution in [-0.2, 0) is 0 Å². The quantitative estimate of drug-likeness (QED) is 0.760. The highest BCUT2D eigenvalue weighted by atomic mass is 16.5. The molecule has 3 aromatic rings. The minimum absolute atomic E-state index is 0.0569. The lowest BCUT2D eigenvalue weighted by atomic mass is 9.95. The Morgan fingerprint density at radius 2 is 1.92 bits per heavy atom. The average Bonchev–Trinajstić information content (AvgIpc) is 3.32. The van der Waals surface area contributed by atoms with Gasteiger partial charge in [-0.2, -0.15) is 4.98 Å². The number of hydrazine groups is 1. The fourth-order valence-corrected chi connectivity index (χ4v) is 2.86. The molecule has 0 radical (unpaired) electrons. The summed E-state index contributed by atoms with van der Waals surface area (Å²) in [5.41, 5.74) is 8.48. The summed E-state index contributed by atoms with van der Waals surface area (Å²) >= 11 is 0. The van der Waals surface area contributed by atoms with Crippen molar-refractivity contribution in [2.45, 2.75) is 12.0 Å². The first-order chi connectivity index (χ1) is 11.8. The Labute approximate surface area is 139 Å². The van der Waals surface area contributed by atoms with Crippen LogP contribution in [0.2, 0.25) is 0 Å². The van der Waals surface area contributed by atoms with Crippen LogP contribution < -0.4 is 15.6 Å². The number of methoxy groups -OCH3 is 1. The molecule has 1 aromatic carbocycles. The summed E-state index contributed by atoms with van der Waals surface area (Å²) in [5.74, 6) is 2.08. The molecule has 1 fully saturated rings. The van der Waals surface area contributed by atoms with Crippen molar-refractivity contribution in [3.8, 4) is 17.1 Å². The van der Waals surface area contributed by atoms with Gasteiger partial charge in [-0.05, 0) is 29.8 Å². The van der Waals surface area contributed by atoms with Crippen LogP contribution in [0.5, 0.6) is 5.75 Å². The van der Waals surface area contributed by atoms with E-state index in [1.165, 1.54) is 0 Å². The van der Waals surface area contributed by atoms with Crippen LogP contribution in [0.25, 0.3) is 11.4 Å². The van der Waals surface area contributed by atoms with Crippen molar-refractivity contribution in [1.82, 2.24) is 26.0 Å². The number of hydrogen-bond acceptors (Lipinski definition) is 7. The maximum absolute atomic E-state index is 5.51. The molecule has 2 atom stereocenters. The third-order valence-corrected chi connectivity index (χ3v) is 4.15. The molecular formula is C17H17N5O2. The van der Waals surface area contributed by atoms with E-state index >= 15 is 0 Å². The van der Waals surface area contributed by atoms with Gasteiger partial charge in [-0.3, -0.25) is 10.4 Å². The molecule has 0 saturated carbocycles. The van der Waals surface area contributed by atoms with Crippen LogP contribution in [0.3, 0.4) is 0 Å². The lowest BCUT2D eigenvalue weighted by Crippen LogP contribution is -2.24. The molecule has 2 unspecified atom stereocenters. The Morgan fingerprint density at radius 1 is 1.12 bits per heavy atom. The Balaban J connectivity index is 1.60. The second-order valence-corrected chi connectivity index (χ2v) is 5.57. The zero-order valence-electron chi connectivity index (χ0n) is 13.1. The number of rotatable bonds is 4. The van der Waals surface area contributed by atoms with Crippen LogP contribution in [0.15, 0.2) is 53.3 Å². The topological polar surface area (TPSA) is 85.1 Å². The van der Waals surface area contributed by atoms with E-state index in [0.29, 0.717) is 18.3 Å². The van der Waals surface area contributed by atoms with Crippen LogP contribution in [0.1, 0.15) is 23.4 Å². The number of nitrogens with zero attached hydrogens (tertiary/aromatic N) is 3. The van der Waals surface area contributed by atoms with Crippen LogP contribution >= 0.6 is 0 Å². The molecule has 4 rings (SSSR count). The van der Waals surface area contributed by atoms with Gasteiger partial charge in [-0.25, -0.2) is 5.43 Å². The molecule has 3 heterocycles. The van der Waals surface area contributed by atoms with Crippen molar-refractivity contribution in [1.29, 1.82) is 0 Å². The predicted molar refractivity (Wildman–Crippen MR) is 87.1 cm³/mol. The van der Waals surface area contributed by atoms with Crippen LogP contribution in [-0.4, -0.2) is 28.8 Å². The maximum Gasteiger partial charge on any atom is 0.233 e. The molecular weight excluding hydrogens is 306 g/mol. The fraction of sp³-hybridized carbons (Fsp3) is 0.235. The zero-order valence-corrected chi connectivity index (χ0v) is 13.1. The first-order valence-corrected chi connectivity index (χ1v) is 7.71. The highest BCUT2D eigenvalue weighted by molar-refractivity contribution is 5.52. The first-order valence-electron chi connectivity index (χ1n) is 7.71. The largest absolute Gasteiger partial charge is 0.497 e. The molecule has 2 N–H and O–H groups in total. The third-order valence-electron chi connectivity index (χ3n) is 4.15. The highest BCUT2D eigenvalue weighted by Gasteiger charge is 2.34. The molecule has 1 aliphatic rings. The van der Waals surface area contributed by atoms with E-state index in [9.17, 15) is 0 Å². The summed E-state index contributed by atoms with van der Waals surface area (Å²) in [5, 5.41) is 4.10. The smallest absolute Gasteiger partial charge is 0.233 e. The van der Waals surface area contributed by atoms with E-state index in [-0.39, 0.29) is 12.0 Å². The molecule has 24 heavy (non-hydrogen) atoms. The van der Waals surface area contributed by atoms with Gasteiger partial charge in [0.15, 0.2) is 0 Å². The van der Waals surface area contributed by atoms with E-state index < -0.39 is 0 Å². The molecule has 0 spiro atoms. The molecule has 1 aliphatic heterocycles. The number of hydrogen-bond donors (Lipinski definition) is 2. The Bertz CT molecular complexity index is 803. The fourth-order valence-electron chi connectivity index (χ4n) is 2.86. The van der Waals surface area contributed by atoms with E-state index in [1.807, 2.05) is 36.4 Å². The summed E-state index contributed by atoms with van der Waals surface area (Å²) in [6, 6.07) is 11.8. The number of ether oxygens (including phenoxy) is 1. The summed E-state index contributed by atoms with van der Waals surface area (Å²) in [7, 11) is 1.66. The molecule has 7 heteroatoms. The number of benzene rings is 1. The number of aromatic nitrogens is 3. The van der Waals surface area contributed by atoms with Crippen molar-refractivity contribution in [3.63, 3.8) is 0 Å². The monoisotopic (exact) mass is 323 g/mol. The Kier molecular flexibility index (Phi) is 3.94. The molecule has 0 bridgehead atoms. The minimum atomic E-state index is 0.0569. The van der Waals surface area contributed by atoms with Gasteiger partial charge in [-0.15, -0.1) is 0 Å². The first kappa shape index (κ1) is 14.8. The van der Waals surface area contributed by atoms with Gasteiger partial charge in [0.2, 0.25) is 11.7 Å². The molecule has 7 nitrogen and oxygen atoms in total. The van der Waals surface area contributed by atoms with Crippen LogP contribution in [0.4, 0.5) is 0 Å². The van der Waals surface area contributed by atoms with E-state index in [4.69, 9.17) is 9.26 Å². The second-order valence-electron chi connectivity index (χ2n) is 5.57. The maximum atomic E-state index is 5.51. The molecule has 1 saturated heterocycles. The minimum Gasteiger partial charge on any atom is -0.497 e. The number of pyridine rings is 1. The predicted octanol–water partition coefficient (Wildman–Crippen LogP) is 2.07. The lowest BCUT2D eigenvalue weighted by Gasteiger charge is -2.15. The Hall–Kier alpha value is -2.77. The normalized spacial score (nSPS) is 20.2. The van der Waals surface area contributed by atoms with Gasteiger partial charge in [0.05, 0.1) is 19.1 Å². The van der Waals surface area contributed by atoms with Crippen molar-refractivity contribution in [2.75, 3.05) is 13.7 Å². The summed E-state index contributed by atoms with van der Waals surface area (Å²) in [4.78, 5) is 8.57. The van der Waals surface area contributed by atoms with E-state index in [1.54, 1.807) is 19.5 Å².